The topological polar surface area (TPSA) is 75.2 Å². The van der Waals surface area contributed by atoms with Gasteiger partial charge in [0.15, 0.2) is 23.1 Å². The fourth-order valence-corrected chi connectivity index (χ4v) is 2.19. The minimum atomic E-state index is 0.331. The van der Waals surface area contributed by atoms with Gasteiger partial charge in [-0.2, -0.15) is 5.10 Å². The number of hydrogen-bond acceptors (Lipinski definition) is 5. The Labute approximate surface area is 111 Å². The summed E-state index contributed by atoms with van der Waals surface area (Å²) in [6, 6.07) is 3.93. The zero-order chi connectivity index (χ0) is 13.4. The molecule has 0 unspecified atom stereocenters. The van der Waals surface area contributed by atoms with Crippen molar-refractivity contribution in [3.05, 3.63) is 23.5 Å². The molecule has 2 heterocycles. The first-order valence-corrected chi connectivity index (χ1v) is 6.19. The third-order valence-electron chi connectivity index (χ3n) is 3.12. The molecule has 0 saturated carbocycles. The van der Waals surface area contributed by atoms with Gasteiger partial charge in [0.25, 0.3) is 0 Å². The van der Waals surface area contributed by atoms with Crippen LogP contribution in [-0.2, 0) is 13.6 Å². The second-order valence-electron chi connectivity index (χ2n) is 4.49. The van der Waals surface area contributed by atoms with Crippen molar-refractivity contribution in [1.29, 1.82) is 0 Å². The Hall–Kier alpha value is -2.08. The van der Waals surface area contributed by atoms with E-state index in [2.05, 4.69) is 10.1 Å². The van der Waals surface area contributed by atoms with Crippen LogP contribution in [0.25, 0.3) is 11.4 Å². The Morgan fingerprint density at radius 1 is 1.26 bits per heavy atom. The van der Waals surface area contributed by atoms with Gasteiger partial charge in [0.2, 0.25) is 0 Å². The van der Waals surface area contributed by atoms with Crippen molar-refractivity contribution in [2.45, 2.75) is 13.5 Å². The molecule has 0 spiro atoms. The van der Waals surface area contributed by atoms with E-state index in [4.69, 9.17) is 15.2 Å². The van der Waals surface area contributed by atoms with Crippen LogP contribution < -0.4 is 15.2 Å². The average molecular weight is 260 g/mol. The number of ether oxygens (including phenoxy) is 2. The summed E-state index contributed by atoms with van der Waals surface area (Å²) in [4.78, 5) is 4.44. The maximum Gasteiger partial charge on any atom is 0.164 e. The molecular weight excluding hydrogens is 244 g/mol. The van der Waals surface area contributed by atoms with E-state index in [1.165, 1.54) is 0 Å². The summed E-state index contributed by atoms with van der Waals surface area (Å²) < 4.78 is 12.9. The van der Waals surface area contributed by atoms with Crippen LogP contribution in [0.3, 0.4) is 0 Å². The standard InChI is InChI=1S/C13H16N4O2/c1-8-5-10-11(19-4-3-18-10)6-9(8)13-15-12(7-14)16-17(13)2/h5-6H,3-4,7,14H2,1-2H3. The van der Waals surface area contributed by atoms with Gasteiger partial charge < -0.3 is 15.2 Å². The fraction of sp³-hybridized carbons (Fsp3) is 0.385. The van der Waals surface area contributed by atoms with E-state index in [0.717, 1.165) is 28.5 Å². The van der Waals surface area contributed by atoms with Crippen molar-refractivity contribution in [1.82, 2.24) is 14.8 Å². The fourth-order valence-electron chi connectivity index (χ4n) is 2.19. The van der Waals surface area contributed by atoms with E-state index < -0.39 is 0 Å². The monoisotopic (exact) mass is 260 g/mol. The third-order valence-corrected chi connectivity index (χ3v) is 3.12. The van der Waals surface area contributed by atoms with Crippen LogP contribution >= 0.6 is 0 Å². The molecule has 0 fully saturated rings. The highest BCUT2D eigenvalue weighted by Crippen LogP contribution is 2.36. The molecule has 1 aliphatic rings. The highest BCUT2D eigenvalue weighted by molar-refractivity contribution is 5.66. The molecule has 1 aromatic carbocycles. The lowest BCUT2D eigenvalue weighted by Crippen LogP contribution is -2.15. The van der Waals surface area contributed by atoms with E-state index in [-0.39, 0.29) is 0 Å². The van der Waals surface area contributed by atoms with Gasteiger partial charge in [0.05, 0.1) is 6.54 Å². The van der Waals surface area contributed by atoms with Gasteiger partial charge in [-0.15, -0.1) is 0 Å². The average Bonchev–Trinajstić information content (AvgIpc) is 2.79. The number of aromatic nitrogens is 3. The van der Waals surface area contributed by atoms with Crippen LogP contribution in [0.15, 0.2) is 12.1 Å². The summed E-state index contributed by atoms with van der Waals surface area (Å²) >= 11 is 0. The zero-order valence-electron chi connectivity index (χ0n) is 11.0. The Kier molecular flexibility index (Phi) is 2.87. The maximum atomic E-state index is 5.61. The Morgan fingerprint density at radius 2 is 1.95 bits per heavy atom. The van der Waals surface area contributed by atoms with Gasteiger partial charge >= 0.3 is 0 Å². The van der Waals surface area contributed by atoms with Crippen molar-refractivity contribution in [3.8, 4) is 22.9 Å². The molecule has 1 aromatic heterocycles. The Morgan fingerprint density at radius 3 is 2.58 bits per heavy atom. The maximum absolute atomic E-state index is 5.61. The number of nitrogens with zero attached hydrogens (tertiary/aromatic N) is 3. The van der Waals surface area contributed by atoms with Crippen LogP contribution in [0.4, 0.5) is 0 Å². The van der Waals surface area contributed by atoms with Crippen molar-refractivity contribution >= 4 is 0 Å². The van der Waals surface area contributed by atoms with E-state index in [0.29, 0.717) is 25.6 Å². The molecule has 6 nitrogen and oxygen atoms in total. The van der Waals surface area contributed by atoms with Gasteiger partial charge in [-0.1, -0.05) is 0 Å². The molecule has 2 N–H and O–H groups in total. The summed E-state index contributed by atoms with van der Waals surface area (Å²) in [6.45, 7) is 3.51. The molecule has 1 aliphatic heterocycles. The van der Waals surface area contributed by atoms with Gasteiger partial charge in [-0.3, -0.25) is 0 Å². The summed E-state index contributed by atoms with van der Waals surface area (Å²) in [5.41, 5.74) is 7.63. The van der Waals surface area contributed by atoms with Gasteiger partial charge in [0, 0.05) is 12.6 Å². The summed E-state index contributed by atoms with van der Waals surface area (Å²) in [6.07, 6.45) is 0. The number of nitrogens with two attached hydrogens (primary N) is 1. The molecule has 0 atom stereocenters. The van der Waals surface area contributed by atoms with Crippen molar-refractivity contribution < 1.29 is 9.47 Å². The molecular formula is C13H16N4O2. The molecule has 0 amide bonds. The minimum Gasteiger partial charge on any atom is -0.486 e. The molecule has 0 saturated heterocycles. The molecule has 0 radical (unpaired) electrons. The molecule has 100 valence electrons. The molecule has 19 heavy (non-hydrogen) atoms. The summed E-state index contributed by atoms with van der Waals surface area (Å²) in [5.74, 6) is 2.96. The van der Waals surface area contributed by atoms with Gasteiger partial charge in [-0.25, -0.2) is 9.67 Å². The quantitative estimate of drug-likeness (QED) is 0.872. The van der Waals surface area contributed by atoms with Crippen LogP contribution in [-0.4, -0.2) is 28.0 Å². The first-order chi connectivity index (χ1) is 9.19. The third kappa shape index (κ3) is 2.04. The summed E-state index contributed by atoms with van der Waals surface area (Å²) in [7, 11) is 1.86. The SMILES string of the molecule is Cc1cc2c(cc1-c1nc(CN)nn1C)OCCO2. The highest BCUT2D eigenvalue weighted by atomic mass is 16.6. The molecule has 0 aliphatic carbocycles. The number of hydrogen-bond donors (Lipinski definition) is 1. The van der Waals surface area contributed by atoms with Gasteiger partial charge in [-0.05, 0) is 24.6 Å². The number of rotatable bonds is 2. The van der Waals surface area contributed by atoms with Crippen LogP contribution in [0, 0.1) is 6.92 Å². The first-order valence-electron chi connectivity index (χ1n) is 6.19. The highest BCUT2D eigenvalue weighted by Gasteiger charge is 2.18. The van der Waals surface area contributed by atoms with E-state index in [1.54, 1.807) is 4.68 Å². The Balaban J connectivity index is 2.11. The van der Waals surface area contributed by atoms with Crippen LogP contribution in [0.1, 0.15) is 11.4 Å². The molecule has 2 aromatic rings. The smallest absolute Gasteiger partial charge is 0.164 e. The lowest BCUT2D eigenvalue weighted by atomic mass is 10.1. The van der Waals surface area contributed by atoms with Gasteiger partial charge in [0.1, 0.15) is 13.2 Å². The molecule has 3 rings (SSSR count). The lowest BCUT2D eigenvalue weighted by Gasteiger charge is -2.20. The number of fused-ring (bicyclic) bond motifs is 1. The number of benzene rings is 1. The predicted molar refractivity (Wildman–Crippen MR) is 70.1 cm³/mol. The largest absolute Gasteiger partial charge is 0.486 e. The lowest BCUT2D eigenvalue weighted by molar-refractivity contribution is 0.171. The van der Waals surface area contributed by atoms with Crippen molar-refractivity contribution in [3.63, 3.8) is 0 Å². The zero-order valence-corrected chi connectivity index (χ0v) is 11.0. The van der Waals surface area contributed by atoms with Crippen molar-refractivity contribution in [2.24, 2.45) is 12.8 Å². The van der Waals surface area contributed by atoms with Crippen LogP contribution in [0.5, 0.6) is 11.5 Å². The van der Waals surface area contributed by atoms with Crippen molar-refractivity contribution in [2.75, 3.05) is 13.2 Å². The van der Waals surface area contributed by atoms with Crippen LogP contribution in [0.2, 0.25) is 0 Å². The second kappa shape index (κ2) is 4.55. The first kappa shape index (κ1) is 12.0. The number of aryl methyl sites for hydroxylation is 2. The normalized spacial score (nSPS) is 13.6. The van der Waals surface area contributed by atoms with E-state index in [9.17, 15) is 0 Å². The summed E-state index contributed by atoms with van der Waals surface area (Å²) in [5, 5.41) is 4.27. The van der Waals surface area contributed by atoms with E-state index >= 15 is 0 Å². The Bertz CT molecular complexity index is 621. The minimum absolute atomic E-state index is 0.331. The second-order valence-corrected chi connectivity index (χ2v) is 4.49. The molecule has 6 heteroatoms. The molecule has 0 bridgehead atoms. The predicted octanol–water partition coefficient (Wildman–Crippen LogP) is 1.02. The van der Waals surface area contributed by atoms with E-state index in [1.807, 2.05) is 26.1 Å².